The van der Waals surface area contributed by atoms with Gasteiger partial charge >= 0.3 is 0 Å². The molecule has 0 radical (unpaired) electrons. The minimum Gasteiger partial charge on any atom is -0.376 e. The lowest BCUT2D eigenvalue weighted by atomic mass is 10.1. The predicted octanol–water partition coefficient (Wildman–Crippen LogP) is 2.62. The molecule has 6 heteroatoms. The third-order valence-corrected chi connectivity index (χ3v) is 5.46. The lowest BCUT2D eigenvalue weighted by Gasteiger charge is -2.26. The Morgan fingerprint density at radius 1 is 1.35 bits per heavy atom. The minimum atomic E-state index is 0. The molecule has 2 N–H and O–H groups in total. The zero-order valence-corrected chi connectivity index (χ0v) is 15.8. The number of guanidine groups is 1. The molecule has 2 heterocycles. The zero-order chi connectivity index (χ0) is 13.6. The summed E-state index contributed by atoms with van der Waals surface area (Å²) in [4.78, 5) is 4.29. The van der Waals surface area contributed by atoms with Crippen LogP contribution in [0.3, 0.4) is 0 Å². The van der Waals surface area contributed by atoms with Gasteiger partial charge in [0.25, 0.3) is 0 Å². The van der Waals surface area contributed by atoms with Gasteiger partial charge in [-0.3, -0.25) is 4.99 Å². The maximum atomic E-state index is 5.72. The van der Waals surface area contributed by atoms with Crippen LogP contribution in [0.5, 0.6) is 0 Å². The predicted molar refractivity (Wildman–Crippen MR) is 98.5 cm³/mol. The van der Waals surface area contributed by atoms with Crippen molar-refractivity contribution in [2.24, 2.45) is 4.99 Å². The molecule has 2 unspecified atom stereocenters. The fourth-order valence-electron chi connectivity index (χ4n) is 2.65. The molecule has 118 valence electrons. The number of hydrogen-bond acceptors (Lipinski definition) is 3. The monoisotopic (exact) mass is 413 g/mol. The van der Waals surface area contributed by atoms with Crippen LogP contribution < -0.4 is 10.6 Å². The quantitative estimate of drug-likeness (QED) is 0.423. The molecule has 0 saturated carbocycles. The second kappa shape index (κ2) is 9.35. The van der Waals surface area contributed by atoms with Gasteiger partial charge in [0.2, 0.25) is 0 Å². The number of rotatable bonds is 4. The van der Waals surface area contributed by atoms with E-state index in [1.807, 2.05) is 7.05 Å². The first kappa shape index (κ1) is 18.4. The van der Waals surface area contributed by atoms with Crippen LogP contribution in [-0.4, -0.2) is 49.3 Å². The van der Waals surface area contributed by atoms with Gasteiger partial charge in [0, 0.05) is 31.5 Å². The maximum absolute atomic E-state index is 5.72. The van der Waals surface area contributed by atoms with Crippen LogP contribution in [0, 0.1) is 0 Å². The van der Waals surface area contributed by atoms with E-state index in [1.165, 1.54) is 31.4 Å². The number of ether oxygens (including phenoxy) is 1. The van der Waals surface area contributed by atoms with E-state index in [0.29, 0.717) is 10.9 Å². The normalized spacial score (nSPS) is 30.7. The highest BCUT2D eigenvalue weighted by molar-refractivity contribution is 14.0. The van der Waals surface area contributed by atoms with Crippen molar-refractivity contribution in [3.05, 3.63) is 0 Å². The van der Waals surface area contributed by atoms with E-state index in [2.05, 4.69) is 34.3 Å². The summed E-state index contributed by atoms with van der Waals surface area (Å²) in [6, 6.07) is 0. The van der Waals surface area contributed by atoms with Crippen LogP contribution in [0.15, 0.2) is 4.99 Å². The van der Waals surface area contributed by atoms with Crippen LogP contribution in [0.2, 0.25) is 0 Å². The number of nitrogens with one attached hydrogen (secondary N) is 2. The fourth-order valence-corrected chi connectivity index (χ4v) is 3.89. The molecular weight excluding hydrogens is 385 g/mol. The highest BCUT2D eigenvalue weighted by atomic mass is 127. The molecule has 0 aromatic rings. The van der Waals surface area contributed by atoms with Gasteiger partial charge in [-0.25, -0.2) is 0 Å². The Labute approximate surface area is 144 Å². The average molecular weight is 413 g/mol. The molecule has 0 amide bonds. The summed E-state index contributed by atoms with van der Waals surface area (Å²) in [5.74, 6) is 2.20. The van der Waals surface area contributed by atoms with Crippen molar-refractivity contribution < 1.29 is 4.74 Å². The van der Waals surface area contributed by atoms with Gasteiger partial charge in [-0.1, -0.05) is 0 Å². The Morgan fingerprint density at radius 3 is 2.80 bits per heavy atom. The molecule has 2 saturated heterocycles. The van der Waals surface area contributed by atoms with Crippen molar-refractivity contribution in [3.63, 3.8) is 0 Å². The molecule has 0 aromatic carbocycles. The van der Waals surface area contributed by atoms with Gasteiger partial charge < -0.3 is 15.4 Å². The molecule has 2 aliphatic heterocycles. The van der Waals surface area contributed by atoms with Crippen molar-refractivity contribution in [1.82, 2.24) is 10.6 Å². The van der Waals surface area contributed by atoms with Gasteiger partial charge in [0.1, 0.15) is 0 Å². The Hall–Kier alpha value is 0.310. The van der Waals surface area contributed by atoms with Crippen molar-refractivity contribution in [2.45, 2.75) is 49.9 Å². The summed E-state index contributed by atoms with van der Waals surface area (Å²) in [5, 5.41) is 6.84. The smallest absolute Gasteiger partial charge is 0.191 e. The first-order valence-electron chi connectivity index (χ1n) is 7.42. The largest absolute Gasteiger partial charge is 0.376 e. The SMILES string of the molecule is CN=C(NCC1CCCCO1)NCC1(C)CCCS1.I. The number of halogens is 1. The summed E-state index contributed by atoms with van der Waals surface area (Å²) < 4.78 is 6.10. The van der Waals surface area contributed by atoms with Crippen molar-refractivity contribution >= 4 is 41.7 Å². The Bertz CT molecular complexity index is 303. The highest BCUT2D eigenvalue weighted by Crippen LogP contribution is 2.36. The Morgan fingerprint density at radius 2 is 2.20 bits per heavy atom. The number of nitrogens with zero attached hydrogens (tertiary/aromatic N) is 1. The summed E-state index contributed by atoms with van der Waals surface area (Å²) in [7, 11) is 1.83. The molecule has 4 nitrogen and oxygen atoms in total. The summed E-state index contributed by atoms with van der Waals surface area (Å²) in [6.07, 6.45) is 6.64. The van der Waals surface area contributed by atoms with E-state index in [4.69, 9.17) is 4.74 Å². The van der Waals surface area contributed by atoms with Crippen LogP contribution >= 0.6 is 35.7 Å². The molecule has 2 fully saturated rings. The lowest BCUT2D eigenvalue weighted by molar-refractivity contribution is 0.0194. The van der Waals surface area contributed by atoms with Crippen molar-refractivity contribution in [1.29, 1.82) is 0 Å². The molecular formula is C14H28IN3OS. The Balaban J connectivity index is 0.00000200. The standard InChI is InChI=1S/C14H27N3OS.HI/c1-14(7-5-9-19-14)11-17-13(15-2)16-10-12-6-3-4-8-18-12;/h12H,3-11H2,1-2H3,(H2,15,16,17);1H. The van der Waals surface area contributed by atoms with E-state index >= 15 is 0 Å². The average Bonchev–Trinajstić information content (AvgIpc) is 2.87. The number of aliphatic imine (C=N–C) groups is 1. The maximum Gasteiger partial charge on any atom is 0.191 e. The van der Waals surface area contributed by atoms with Crippen LogP contribution in [0.4, 0.5) is 0 Å². The third-order valence-electron chi connectivity index (χ3n) is 3.93. The Kier molecular flexibility index (Phi) is 8.59. The highest BCUT2D eigenvalue weighted by Gasteiger charge is 2.29. The topological polar surface area (TPSA) is 45.7 Å². The second-order valence-electron chi connectivity index (χ2n) is 5.70. The first-order valence-corrected chi connectivity index (χ1v) is 8.40. The molecule has 2 aliphatic rings. The van der Waals surface area contributed by atoms with Gasteiger partial charge in [0.05, 0.1) is 6.10 Å². The van der Waals surface area contributed by atoms with Gasteiger partial charge in [-0.15, -0.1) is 24.0 Å². The molecule has 2 rings (SSSR count). The molecule has 0 bridgehead atoms. The number of hydrogen-bond donors (Lipinski definition) is 2. The second-order valence-corrected chi connectivity index (χ2v) is 7.38. The first-order chi connectivity index (χ1) is 9.22. The fraction of sp³-hybridized carbons (Fsp3) is 0.929. The molecule has 0 aliphatic carbocycles. The van der Waals surface area contributed by atoms with Gasteiger partial charge in [-0.2, -0.15) is 11.8 Å². The van der Waals surface area contributed by atoms with Crippen LogP contribution in [-0.2, 0) is 4.74 Å². The van der Waals surface area contributed by atoms with E-state index in [0.717, 1.165) is 32.1 Å². The van der Waals surface area contributed by atoms with Gasteiger partial charge in [-0.05, 0) is 44.8 Å². The van der Waals surface area contributed by atoms with Crippen molar-refractivity contribution in [2.75, 3.05) is 32.5 Å². The van der Waals surface area contributed by atoms with Gasteiger partial charge in [0.15, 0.2) is 5.96 Å². The van der Waals surface area contributed by atoms with Crippen molar-refractivity contribution in [3.8, 4) is 0 Å². The van der Waals surface area contributed by atoms with E-state index in [9.17, 15) is 0 Å². The molecule has 2 atom stereocenters. The lowest BCUT2D eigenvalue weighted by Crippen LogP contribution is -2.46. The summed E-state index contributed by atoms with van der Waals surface area (Å²) >= 11 is 2.07. The van der Waals surface area contributed by atoms with E-state index in [-0.39, 0.29) is 24.0 Å². The number of thioether (sulfide) groups is 1. The minimum absolute atomic E-state index is 0. The van der Waals surface area contributed by atoms with E-state index in [1.54, 1.807) is 0 Å². The molecule has 0 aromatic heterocycles. The molecule has 0 spiro atoms. The van der Waals surface area contributed by atoms with E-state index < -0.39 is 0 Å². The van der Waals surface area contributed by atoms with Crippen LogP contribution in [0.25, 0.3) is 0 Å². The third kappa shape index (κ3) is 5.97. The van der Waals surface area contributed by atoms with Crippen LogP contribution in [0.1, 0.15) is 39.0 Å². The summed E-state index contributed by atoms with van der Waals surface area (Å²) in [5.41, 5.74) is 0. The zero-order valence-electron chi connectivity index (χ0n) is 12.6. The summed E-state index contributed by atoms with van der Waals surface area (Å²) in [6.45, 7) is 5.11. The molecule has 20 heavy (non-hydrogen) atoms.